The second-order valence-corrected chi connectivity index (χ2v) is 9.03. The zero-order valence-corrected chi connectivity index (χ0v) is 21.5. The number of halogens is 1. The van der Waals surface area contributed by atoms with Crippen LogP contribution in [0, 0.1) is 5.82 Å². The number of nitrogens with zero attached hydrogens (tertiary/aromatic N) is 3. The molecule has 0 spiro atoms. The highest BCUT2D eigenvalue weighted by molar-refractivity contribution is 5.89. The maximum Gasteiger partial charge on any atom is 0.322 e. The molecule has 0 saturated carbocycles. The normalized spacial score (nSPS) is 11.7. The Hall–Kier alpha value is -4.98. The number of nitrogens with one attached hydrogen (secondary N) is 1. The van der Waals surface area contributed by atoms with Crippen molar-refractivity contribution in [2.24, 2.45) is 0 Å². The van der Waals surface area contributed by atoms with Crippen LogP contribution in [0.3, 0.4) is 0 Å². The van der Waals surface area contributed by atoms with E-state index in [1.165, 1.54) is 29.9 Å². The Morgan fingerprint density at radius 3 is 2.46 bits per heavy atom. The van der Waals surface area contributed by atoms with Crippen molar-refractivity contribution in [3.63, 3.8) is 0 Å². The lowest BCUT2D eigenvalue weighted by Gasteiger charge is -2.31. The lowest BCUT2D eigenvalue weighted by molar-refractivity contribution is 0.185. The number of anilines is 1. The summed E-state index contributed by atoms with van der Waals surface area (Å²) in [5.74, 6) is 0.383. The zero-order chi connectivity index (χ0) is 27.4. The molecule has 0 radical (unpaired) electrons. The van der Waals surface area contributed by atoms with Gasteiger partial charge in [0.2, 0.25) is 0 Å². The molecular weight excluding hydrogens is 495 g/mol. The summed E-state index contributed by atoms with van der Waals surface area (Å²) >= 11 is 0. The zero-order valence-electron chi connectivity index (χ0n) is 21.5. The molecule has 1 unspecified atom stereocenters. The molecule has 8 heteroatoms. The van der Waals surface area contributed by atoms with Gasteiger partial charge in [0.25, 0.3) is 5.56 Å². The second kappa shape index (κ2) is 11.2. The van der Waals surface area contributed by atoms with Crippen molar-refractivity contribution in [2.75, 3.05) is 12.4 Å². The number of rotatable bonds is 7. The Kier molecular flexibility index (Phi) is 7.36. The van der Waals surface area contributed by atoms with E-state index < -0.39 is 17.9 Å². The van der Waals surface area contributed by atoms with E-state index in [1.807, 2.05) is 55.5 Å². The summed E-state index contributed by atoms with van der Waals surface area (Å²) in [5, 5.41) is 3.24. The van der Waals surface area contributed by atoms with Crippen molar-refractivity contribution >= 4 is 22.6 Å². The lowest BCUT2D eigenvalue weighted by Crippen LogP contribution is -2.39. The number of fused-ring (bicyclic) bond motifs is 1. The largest absolute Gasteiger partial charge is 0.495 e. The number of methoxy groups -OCH3 is 1. The molecule has 0 saturated heterocycles. The van der Waals surface area contributed by atoms with Crippen LogP contribution >= 0.6 is 0 Å². The number of urea groups is 1. The summed E-state index contributed by atoms with van der Waals surface area (Å²) < 4.78 is 20.9. The van der Waals surface area contributed by atoms with Gasteiger partial charge in [0.15, 0.2) is 0 Å². The number of hydrogen-bond acceptors (Lipinski definition) is 4. The molecule has 0 aliphatic rings. The van der Waals surface area contributed by atoms with E-state index in [-0.39, 0.29) is 12.1 Å². The molecule has 7 nitrogen and oxygen atoms in total. The first-order chi connectivity index (χ1) is 19.0. The molecule has 1 aromatic heterocycles. The Labute approximate surface area is 225 Å². The SMILES string of the molecule is COc1ccccc1-n1c(C(C)N(Cc2ccccc2)C(=O)Nc2cccc(F)c2)nc2ccccc2c1=O. The molecule has 39 heavy (non-hydrogen) atoms. The van der Waals surface area contributed by atoms with E-state index >= 15 is 0 Å². The molecule has 196 valence electrons. The van der Waals surface area contributed by atoms with Crippen LogP contribution in [0.15, 0.2) is 108 Å². The van der Waals surface area contributed by atoms with Gasteiger partial charge >= 0.3 is 6.03 Å². The van der Waals surface area contributed by atoms with Gasteiger partial charge in [0.1, 0.15) is 17.4 Å². The quantitative estimate of drug-likeness (QED) is 0.271. The number of para-hydroxylation sites is 3. The molecule has 1 N–H and O–H groups in total. The number of aromatic nitrogens is 2. The van der Waals surface area contributed by atoms with E-state index in [4.69, 9.17) is 9.72 Å². The van der Waals surface area contributed by atoms with Crippen LogP contribution in [-0.2, 0) is 6.54 Å². The summed E-state index contributed by atoms with van der Waals surface area (Å²) in [6.07, 6.45) is 0. The van der Waals surface area contributed by atoms with Gasteiger partial charge in [0.05, 0.1) is 29.7 Å². The van der Waals surface area contributed by atoms with E-state index in [1.54, 1.807) is 41.3 Å². The third-order valence-corrected chi connectivity index (χ3v) is 6.50. The van der Waals surface area contributed by atoms with Gasteiger partial charge < -0.3 is 15.0 Å². The Balaban J connectivity index is 1.67. The van der Waals surface area contributed by atoms with E-state index in [2.05, 4.69) is 5.32 Å². The summed E-state index contributed by atoms with van der Waals surface area (Å²) in [6, 6.07) is 28.3. The average Bonchev–Trinajstić information content (AvgIpc) is 2.96. The summed E-state index contributed by atoms with van der Waals surface area (Å²) in [5.41, 5.74) is 1.94. The lowest BCUT2D eigenvalue weighted by atomic mass is 10.1. The Morgan fingerprint density at radius 1 is 0.974 bits per heavy atom. The van der Waals surface area contributed by atoms with E-state index in [0.717, 1.165) is 5.56 Å². The highest BCUT2D eigenvalue weighted by atomic mass is 19.1. The van der Waals surface area contributed by atoms with Crippen molar-refractivity contribution in [1.82, 2.24) is 14.5 Å². The molecule has 0 fully saturated rings. The fraction of sp³-hybridized carbons (Fsp3) is 0.129. The maximum absolute atomic E-state index is 13.9. The van der Waals surface area contributed by atoms with Crippen molar-refractivity contribution in [3.05, 3.63) is 131 Å². The molecule has 4 aromatic carbocycles. The highest BCUT2D eigenvalue weighted by Crippen LogP contribution is 2.29. The third-order valence-electron chi connectivity index (χ3n) is 6.50. The van der Waals surface area contributed by atoms with Crippen molar-refractivity contribution in [3.8, 4) is 11.4 Å². The molecule has 0 aliphatic heterocycles. The molecule has 1 heterocycles. The van der Waals surface area contributed by atoms with Gasteiger partial charge in [-0.2, -0.15) is 0 Å². The van der Waals surface area contributed by atoms with Crippen molar-refractivity contribution in [2.45, 2.75) is 19.5 Å². The van der Waals surface area contributed by atoms with E-state index in [0.29, 0.717) is 33.9 Å². The monoisotopic (exact) mass is 522 g/mol. The van der Waals surface area contributed by atoms with Crippen molar-refractivity contribution < 1.29 is 13.9 Å². The molecule has 0 bridgehead atoms. The minimum Gasteiger partial charge on any atom is -0.495 e. The number of amides is 2. The topological polar surface area (TPSA) is 76.5 Å². The molecule has 2 amide bonds. The predicted octanol–water partition coefficient (Wildman–Crippen LogP) is 6.33. The van der Waals surface area contributed by atoms with Crippen LogP contribution in [0.5, 0.6) is 5.75 Å². The third kappa shape index (κ3) is 5.36. The van der Waals surface area contributed by atoms with Gasteiger partial charge in [-0.05, 0) is 55.0 Å². The highest BCUT2D eigenvalue weighted by Gasteiger charge is 2.28. The van der Waals surface area contributed by atoms with Crippen LogP contribution in [0.1, 0.15) is 24.4 Å². The van der Waals surface area contributed by atoms with Crippen LogP contribution in [-0.4, -0.2) is 27.6 Å². The fourth-order valence-corrected chi connectivity index (χ4v) is 4.54. The maximum atomic E-state index is 13.9. The average molecular weight is 523 g/mol. The fourth-order valence-electron chi connectivity index (χ4n) is 4.54. The summed E-state index contributed by atoms with van der Waals surface area (Å²) in [6.45, 7) is 2.04. The van der Waals surface area contributed by atoms with Gasteiger partial charge in [-0.25, -0.2) is 14.2 Å². The first-order valence-corrected chi connectivity index (χ1v) is 12.5. The number of benzene rings is 4. The van der Waals surface area contributed by atoms with Crippen LogP contribution in [0.4, 0.5) is 14.9 Å². The number of ether oxygens (including phenoxy) is 1. The summed E-state index contributed by atoms with van der Waals surface area (Å²) in [4.78, 5) is 34.1. The Morgan fingerprint density at radius 2 is 1.69 bits per heavy atom. The minimum atomic E-state index is -0.680. The van der Waals surface area contributed by atoms with Crippen LogP contribution in [0.25, 0.3) is 16.6 Å². The first kappa shape index (κ1) is 25.7. The molecule has 5 aromatic rings. The number of carbonyl (C=O) groups excluding carboxylic acids is 1. The summed E-state index contributed by atoms with van der Waals surface area (Å²) in [7, 11) is 1.54. The smallest absolute Gasteiger partial charge is 0.322 e. The van der Waals surface area contributed by atoms with E-state index in [9.17, 15) is 14.0 Å². The van der Waals surface area contributed by atoms with Crippen LogP contribution in [0.2, 0.25) is 0 Å². The van der Waals surface area contributed by atoms with Crippen molar-refractivity contribution in [1.29, 1.82) is 0 Å². The standard InChI is InChI=1S/C31H27FN4O3/c1-21(35(20-22-11-4-3-5-12-22)31(38)33-24-14-10-13-23(32)19-24)29-34-26-16-7-6-15-25(26)30(37)36(29)27-17-8-9-18-28(27)39-2/h3-19,21H,20H2,1-2H3,(H,33,38). The number of hydrogen-bond donors (Lipinski definition) is 1. The van der Waals surface area contributed by atoms with Gasteiger partial charge in [-0.1, -0.05) is 60.7 Å². The van der Waals surface area contributed by atoms with Gasteiger partial charge in [-0.15, -0.1) is 0 Å². The second-order valence-electron chi connectivity index (χ2n) is 9.03. The minimum absolute atomic E-state index is 0.220. The molecule has 1 atom stereocenters. The van der Waals surface area contributed by atoms with Gasteiger partial charge in [-0.3, -0.25) is 9.36 Å². The number of carbonyl (C=O) groups is 1. The molecule has 5 rings (SSSR count). The van der Waals surface area contributed by atoms with Crippen LogP contribution < -0.4 is 15.6 Å². The first-order valence-electron chi connectivity index (χ1n) is 12.5. The molecule has 0 aliphatic carbocycles. The molecular formula is C31H27FN4O3. The Bertz CT molecular complexity index is 1690. The van der Waals surface area contributed by atoms with Gasteiger partial charge in [0, 0.05) is 12.2 Å². The predicted molar refractivity (Wildman–Crippen MR) is 150 cm³/mol.